The third kappa shape index (κ3) is 4.24. The Bertz CT molecular complexity index is 977. The van der Waals surface area contributed by atoms with E-state index in [1.165, 1.54) is 4.31 Å². The molecule has 0 spiro atoms. The molecule has 0 fully saturated rings. The number of hydrogen-bond acceptors (Lipinski definition) is 2. The lowest BCUT2D eigenvalue weighted by atomic mass is 10.2. The van der Waals surface area contributed by atoms with E-state index < -0.39 is 10.0 Å². The molecule has 0 bridgehead atoms. The lowest BCUT2D eigenvalue weighted by Gasteiger charge is -2.25. The molecule has 0 radical (unpaired) electrons. The van der Waals surface area contributed by atoms with Crippen molar-refractivity contribution in [2.24, 2.45) is 0 Å². The number of sulfonamides is 1. The Morgan fingerprint density at radius 1 is 0.880 bits per heavy atom. The number of benzene rings is 3. The highest BCUT2D eigenvalue weighted by Crippen LogP contribution is 2.28. The fourth-order valence-electron chi connectivity index (χ4n) is 2.47. The number of nitrogens with zero attached hydrogens (tertiary/aromatic N) is 1. The van der Waals surface area contributed by atoms with Crippen LogP contribution in [0.15, 0.2) is 88.2 Å². The van der Waals surface area contributed by atoms with Crippen LogP contribution in [0.1, 0.15) is 5.56 Å². The first kappa shape index (κ1) is 18.0. The largest absolute Gasteiger partial charge is 0.264 e. The van der Waals surface area contributed by atoms with Gasteiger partial charge in [0.25, 0.3) is 10.0 Å². The molecule has 0 aliphatic rings. The second-order valence-electron chi connectivity index (χ2n) is 5.43. The quantitative estimate of drug-likeness (QED) is 0.530. The number of hydrogen-bond donors (Lipinski definition) is 0. The van der Waals surface area contributed by atoms with Crippen LogP contribution in [0.25, 0.3) is 0 Å². The molecule has 25 heavy (non-hydrogen) atoms. The van der Waals surface area contributed by atoms with Gasteiger partial charge in [-0.25, -0.2) is 8.42 Å². The first-order valence-corrected chi connectivity index (χ1v) is 10.2. The van der Waals surface area contributed by atoms with Gasteiger partial charge in [0.05, 0.1) is 17.1 Å². The minimum Gasteiger partial charge on any atom is -0.262 e. The van der Waals surface area contributed by atoms with Gasteiger partial charge in [0.2, 0.25) is 0 Å². The predicted molar refractivity (Wildman–Crippen MR) is 105 cm³/mol. The van der Waals surface area contributed by atoms with Crippen molar-refractivity contribution >= 4 is 43.2 Å². The summed E-state index contributed by atoms with van der Waals surface area (Å²) in [7, 11) is -3.71. The Balaban J connectivity index is 2.09. The van der Waals surface area contributed by atoms with E-state index in [1.807, 2.05) is 24.3 Å². The van der Waals surface area contributed by atoms with Crippen molar-refractivity contribution in [3.05, 3.63) is 93.9 Å². The second kappa shape index (κ2) is 7.60. The fourth-order valence-corrected chi connectivity index (χ4v) is 4.53. The van der Waals surface area contributed by atoms with Gasteiger partial charge in [0.1, 0.15) is 0 Å². The minimum absolute atomic E-state index is 0.189. The van der Waals surface area contributed by atoms with E-state index in [0.29, 0.717) is 10.7 Å². The Morgan fingerprint density at radius 2 is 1.60 bits per heavy atom. The predicted octanol–water partition coefficient (Wildman–Crippen LogP) is 5.50. The molecule has 0 aliphatic heterocycles. The lowest BCUT2D eigenvalue weighted by Crippen LogP contribution is -2.30. The van der Waals surface area contributed by atoms with Crippen LogP contribution in [0.2, 0.25) is 5.02 Å². The minimum atomic E-state index is -3.71. The molecule has 0 aliphatic carbocycles. The van der Waals surface area contributed by atoms with Gasteiger partial charge in [-0.1, -0.05) is 63.9 Å². The molecule has 3 aromatic carbocycles. The van der Waals surface area contributed by atoms with Gasteiger partial charge in [-0.2, -0.15) is 0 Å². The SMILES string of the molecule is O=S(=O)(c1ccccc1)N(Cc1cccc(Cl)c1)c1cccc(Br)c1. The Morgan fingerprint density at radius 3 is 2.28 bits per heavy atom. The van der Waals surface area contributed by atoms with Crippen molar-refractivity contribution in [3.8, 4) is 0 Å². The van der Waals surface area contributed by atoms with Gasteiger partial charge in [-0.15, -0.1) is 0 Å². The van der Waals surface area contributed by atoms with Crippen LogP contribution in [0.3, 0.4) is 0 Å². The Labute approximate surface area is 161 Å². The third-order valence-electron chi connectivity index (χ3n) is 3.64. The van der Waals surface area contributed by atoms with Gasteiger partial charge in [-0.3, -0.25) is 4.31 Å². The van der Waals surface area contributed by atoms with Crippen molar-refractivity contribution in [2.45, 2.75) is 11.4 Å². The van der Waals surface area contributed by atoms with E-state index in [1.54, 1.807) is 54.6 Å². The molecule has 6 heteroatoms. The monoisotopic (exact) mass is 435 g/mol. The fraction of sp³-hybridized carbons (Fsp3) is 0.0526. The number of anilines is 1. The molecule has 0 saturated carbocycles. The summed E-state index contributed by atoms with van der Waals surface area (Å²) in [6, 6.07) is 22.8. The summed E-state index contributed by atoms with van der Waals surface area (Å²) in [6.45, 7) is 0.189. The van der Waals surface area contributed by atoms with Crippen molar-refractivity contribution in [1.82, 2.24) is 0 Å². The van der Waals surface area contributed by atoms with Crippen LogP contribution in [0.4, 0.5) is 5.69 Å². The molecule has 3 nitrogen and oxygen atoms in total. The second-order valence-corrected chi connectivity index (χ2v) is 8.65. The van der Waals surface area contributed by atoms with Gasteiger partial charge in [0.15, 0.2) is 0 Å². The van der Waals surface area contributed by atoms with Gasteiger partial charge < -0.3 is 0 Å². The van der Waals surface area contributed by atoms with E-state index in [2.05, 4.69) is 15.9 Å². The van der Waals surface area contributed by atoms with E-state index in [4.69, 9.17) is 11.6 Å². The summed E-state index contributed by atoms with van der Waals surface area (Å²) in [6.07, 6.45) is 0. The van der Waals surface area contributed by atoms with Crippen molar-refractivity contribution < 1.29 is 8.42 Å². The topological polar surface area (TPSA) is 37.4 Å². The highest BCUT2D eigenvalue weighted by atomic mass is 79.9. The van der Waals surface area contributed by atoms with Crippen LogP contribution < -0.4 is 4.31 Å². The van der Waals surface area contributed by atoms with Crippen molar-refractivity contribution in [2.75, 3.05) is 4.31 Å². The van der Waals surface area contributed by atoms with Gasteiger partial charge in [0, 0.05) is 9.50 Å². The number of rotatable bonds is 5. The molecule has 3 rings (SSSR count). The maximum atomic E-state index is 13.2. The Kier molecular flexibility index (Phi) is 5.47. The molecule has 0 aromatic heterocycles. The molecular formula is C19H15BrClNO2S. The van der Waals surface area contributed by atoms with Crippen LogP contribution in [0.5, 0.6) is 0 Å². The Hall–Kier alpha value is -1.82. The molecular weight excluding hydrogens is 422 g/mol. The van der Waals surface area contributed by atoms with Gasteiger partial charge >= 0.3 is 0 Å². The maximum Gasteiger partial charge on any atom is 0.264 e. The highest BCUT2D eigenvalue weighted by molar-refractivity contribution is 9.10. The zero-order valence-corrected chi connectivity index (χ0v) is 16.3. The molecule has 0 unspecified atom stereocenters. The zero-order chi connectivity index (χ0) is 17.9. The summed E-state index contributed by atoms with van der Waals surface area (Å²) in [4.78, 5) is 0.247. The van der Waals surface area contributed by atoms with E-state index in [9.17, 15) is 8.42 Å². The molecule has 128 valence electrons. The first-order valence-electron chi connectivity index (χ1n) is 7.54. The average Bonchev–Trinajstić information content (AvgIpc) is 2.60. The average molecular weight is 437 g/mol. The molecule has 0 saturated heterocycles. The first-order chi connectivity index (χ1) is 12.0. The molecule has 3 aromatic rings. The van der Waals surface area contributed by atoms with Gasteiger partial charge in [-0.05, 0) is 48.0 Å². The van der Waals surface area contributed by atoms with Crippen LogP contribution in [0, 0.1) is 0 Å². The lowest BCUT2D eigenvalue weighted by molar-refractivity contribution is 0.590. The standard InChI is InChI=1S/C19H15BrClNO2S/c20-16-7-5-9-18(13-16)22(14-15-6-4-8-17(21)12-15)25(23,24)19-10-2-1-3-11-19/h1-13H,14H2. The summed E-state index contributed by atoms with van der Waals surface area (Å²) in [5.41, 5.74) is 1.39. The van der Waals surface area contributed by atoms with Crippen molar-refractivity contribution in [3.63, 3.8) is 0 Å². The van der Waals surface area contributed by atoms with Crippen LogP contribution in [-0.2, 0) is 16.6 Å². The van der Waals surface area contributed by atoms with Crippen LogP contribution >= 0.6 is 27.5 Å². The molecule has 0 amide bonds. The third-order valence-corrected chi connectivity index (χ3v) is 6.16. The van der Waals surface area contributed by atoms with E-state index in [-0.39, 0.29) is 11.4 Å². The zero-order valence-electron chi connectivity index (χ0n) is 13.1. The van der Waals surface area contributed by atoms with Crippen LogP contribution in [-0.4, -0.2) is 8.42 Å². The smallest absolute Gasteiger partial charge is 0.262 e. The summed E-state index contributed by atoms with van der Waals surface area (Å²) in [5, 5.41) is 0.573. The van der Waals surface area contributed by atoms with Crippen molar-refractivity contribution in [1.29, 1.82) is 0 Å². The highest BCUT2D eigenvalue weighted by Gasteiger charge is 2.25. The molecule has 0 heterocycles. The maximum absolute atomic E-state index is 13.2. The normalized spacial score (nSPS) is 11.3. The summed E-state index contributed by atoms with van der Waals surface area (Å²) < 4.78 is 28.6. The summed E-state index contributed by atoms with van der Waals surface area (Å²) in [5.74, 6) is 0. The van der Waals surface area contributed by atoms with E-state index >= 15 is 0 Å². The molecule has 0 N–H and O–H groups in total. The van der Waals surface area contributed by atoms with E-state index in [0.717, 1.165) is 10.0 Å². The number of halogens is 2. The molecule has 0 atom stereocenters. The summed E-state index contributed by atoms with van der Waals surface area (Å²) >= 11 is 9.46.